The first-order chi connectivity index (χ1) is 6.79. The summed E-state index contributed by atoms with van der Waals surface area (Å²) in [6.45, 7) is 1.95. The summed E-state index contributed by atoms with van der Waals surface area (Å²) < 4.78 is 5.27. The molecule has 14 heavy (non-hydrogen) atoms. The molecule has 0 radical (unpaired) electrons. The van der Waals surface area contributed by atoms with Gasteiger partial charge >= 0.3 is 6.01 Å². The van der Waals surface area contributed by atoms with E-state index in [1.807, 2.05) is 6.92 Å². The smallest absolute Gasteiger partial charge is 0.322 e. The summed E-state index contributed by atoms with van der Waals surface area (Å²) in [7, 11) is 0. The maximum absolute atomic E-state index is 11.2. The van der Waals surface area contributed by atoms with Crippen molar-refractivity contribution < 1.29 is 9.21 Å². The SMILES string of the molecule is CCCC(=O)Nc1nnc(C2CC2)o1. The van der Waals surface area contributed by atoms with Crippen molar-refractivity contribution in [2.75, 3.05) is 5.32 Å². The van der Waals surface area contributed by atoms with Crippen LogP contribution in [0.2, 0.25) is 0 Å². The summed E-state index contributed by atoms with van der Waals surface area (Å²) in [6.07, 6.45) is 3.53. The van der Waals surface area contributed by atoms with Crippen LogP contribution < -0.4 is 5.32 Å². The van der Waals surface area contributed by atoms with Gasteiger partial charge in [0.15, 0.2) is 0 Å². The Bertz CT molecular complexity index is 331. The van der Waals surface area contributed by atoms with E-state index in [-0.39, 0.29) is 11.9 Å². The van der Waals surface area contributed by atoms with E-state index in [1.165, 1.54) is 0 Å². The molecular weight excluding hydrogens is 182 g/mol. The van der Waals surface area contributed by atoms with E-state index >= 15 is 0 Å². The molecule has 0 atom stereocenters. The fraction of sp³-hybridized carbons (Fsp3) is 0.667. The van der Waals surface area contributed by atoms with Crippen LogP contribution in [-0.4, -0.2) is 16.1 Å². The second kappa shape index (κ2) is 3.77. The van der Waals surface area contributed by atoms with Crippen molar-refractivity contribution in [1.29, 1.82) is 0 Å². The van der Waals surface area contributed by atoms with Gasteiger partial charge in [0.1, 0.15) is 0 Å². The summed E-state index contributed by atoms with van der Waals surface area (Å²) in [5.41, 5.74) is 0. The molecule has 1 aliphatic rings. The van der Waals surface area contributed by atoms with Gasteiger partial charge in [0.05, 0.1) is 0 Å². The molecule has 0 aromatic carbocycles. The highest BCUT2D eigenvalue weighted by Gasteiger charge is 2.29. The summed E-state index contributed by atoms with van der Waals surface area (Å²) in [5, 5.41) is 10.2. The number of hydrogen-bond donors (Lipinski definition) is 1. The van der Waals surface area contributed by atoms with E-state index in [0.717, 1.165) is 19.3 Å². The molecule has 1 aliphatic carbocycles. The van der Waals surface area contributed by atoms with Gasteiger partial charge in [-0.05, 0) is 19.3 Å². The Morgan fingerprint density at radius 3 is 3.00 bits per heavy atom. The molecule has 1 amide bonds. The van der Waals surface area contributed by atoms with Crippen molar-refractivity contribution >= 4 is 11.9 Å². The highest BCUT2D eigenvalue weighted by Crippen LogP contribution is 2.39. The minimum Gasteiger partial charge on any atom is -0.408 e. The van der Waals surface area contributed by atoms with Gasteiger partial charge in [-0.15, -0.1) is 5.10 Å². The molecule has 76 valence electrons. The summed E-state index contributed by atoms with van der Waals surface area (Å²) >= 11 is 0. The summed E-state index contributed by atoms with van der Waals surface area (Å²) in [6, 6.07) is 0.227. The van der Waals surface area contributed by atoms with Gasteiger partial charge < -0.3 is 4.42 Å². The largest absolute Gasteiger partial charge is 0.408 e. The van der Waals surface area contributed by atoms with Crippen molar-refractivity contribution in [3.05, 3.63) is 5.89 Å². The zero-order chi connectivity index (χ0) is 9.97. The third-order valence-electron chi connectivity index (χ3n) is 2.09. The number of anilines is 1. The lowest BCUT2D eigenvalue weighted by Gasteiger charge is -1.96. The van der Waals surface area contributed by atoms with Gasteiger partial charge in [-0.3, -0.25) is 10.1 Å². The lowest BCUT2D eigenvalue weighted by molar-refractivity contribution is -0.116. The number of hydrogen-bond acceptors (Lipinski definition) is 4. The van der Waals surface area contributed by atoms with Crippen molar-refractivity contribution in [3.8, 4) is 0 Å². The maximum Gasteiger partial charge on any atom is 0.322 e. The lowest BCUT2D eigenvalue weighted by Crippen LogP contribution is -2.10. The van der Waals surface area contributed by atoms with Gasteiger partial charge in [0.25, 0.3) is 0 Å². The minimum atomic E-state index is -0.0708. The highest BCUT2D eigenvalue weighted by atomic mass is 16.4. The Morgan fingerprint density at radius 2 is 2.36 bits per heavy atom. The van der Waals surface area contributed by atoms with Crippen LogP contribution in [0.5, 0.6) is 0 Å². The van der Waals surface area contributed by atoms with Gasteiger partial charge in [-0.2, -0.15) is 0 Å². The van der Waals surface area contributed by atoms with E-state index in [9.17, 15) is 4.79 Å². The molecule has 5 heteroatoms. The zero-order valence-electron chi connectivity index (χ0n) is 8.12. The third-order valence-corrected chi connectivity index (χ3v) is 2.09. The molecule has 0 unspecified atom stereocenters. The van der Waals surface area contributed by atoms with Crippen molar-refractivity contribution in [3.63, 3.8) is 0 Å². The van der Waals surface area contributed by atoms with Crippen LogP contribution in [0.25, 0.3) is 0 Å². The topological polar surface area (TPSA) is 68.0 Å². The van der Waals surface area contributed by atoms with Crippen molar-refractivity contribution in [2.45, 2.75) is 38.5 Å². The first kappa shape index (κ1) is 9.18. The molecule has 1 saturated carbocycles. The molecule has 0 spiro atoms. The number of carbonyl (C=O) groups is 1. The average Bonchev–Trinajstić information content (AvgIpc) is 2.89. The van der Waals surface area contributed by atoms with Crippen LogP contribution in [0, 0.1) is 0 Å². The van der Waals surface area contributed by atoms with E-state index in [4.69, 9.17) is 4.42 Å². The van der Waals surface area contributed by atoms with Crippen molar-refractivity contribution in [1.82, 2.24) is 10.2 Å². The second-order valence-corrected chi connectivity index (χ2v) is 3.52. The van der Waals surface area contributed by atoms with Gasteiger partial charge in [0, 0.05) is 12.3 Å². The fourth-order valence-electron chi connectivity index (χ4n) is 1.19. The monoisotopic (exact) mass is 195 g/mol. The first-order valence-electron chi connectivity index (χ1n) is 4.93. The normalized spacial score (nSPS) is 15.5. The number of carbonyl (C=O) groups excluding carboxylic acids is 1. The standard InChI is InChI=1S/C9H13N3O2/c1-2-3-7(13)10-9-12-11-8(14-9)6-4-5-6/h6H,2-5H2,1H3,(H,10,12,13). The predicted molar refractivity (Wildman–Crippen MR) is 49.8 cm³/mol. The number of amides is 1. The molecule has 1 heterocycles. The molecule has 0 bridgehead atoms. The lowest BCUT2D eigenvalue weighted by atomic mass is 10.3. The molecule has 2 rings (SSSR count). The van der Waals surface area contributed by atoms with Crippen LogP contribution in [0.3, 0.4) is 0 Å². The molecule has 1 N–H and O–H groups in total. The zero-order valence-corrected chi connectivity index (χ0v) is 8.12. The quantitative estimate of drug-likeness (QED) is 0.793. The van der Waals surface area contributed by atoms with Crippen molar-refractivity contribution in [2.24, 2.45) is 0 Å². The molecule has 1 aromatic rings. The van der Waals surface area contributed by atoms with Crippen LogP contribution in [0.1, 0.15) is 44.4 Å². The molecule has 5 nitrogen and oxygen atoms in total. The van der Waals surface area contributed by atoms with E-state index in [0.29, 0.717) is 18.2 Å². The van der Waals surface area contributed by atoms with Gasteiger partial charge in [-0.25, -0.2) is 0 Å². The van der Waals surface area contributed by atoms with E-state index in [1.54, 1.807) is 0 Å². The predicted octanol–water partition coefficient (Wildman–Crippen LogP) is 1.69. The van der Waals surface area contributed by atoms with Crippen LogP contribution in [0.4, 0.5) is 6.01 Å². The average molecular weight is 195 g/mol. The van der Waals surface area contributed by atoms with Gasteiger partial charge in [0.2, 0.25) is 11.8 Å². The van der Waals surface area contributed by atoms with Crippen LogP contribution in [-0.2, 0) is 4.79 Å². The molecule has 1 aromatic heterocycles. The Hall–Kier alpha value is -1.39. The van der Waals surface area contributed by atoms with Gasteiger partial charge in [-0.1, -0.05) is 12.0 Å². The second-order valence-electron chi connectivity index (χ2n) is 3.52. The number of nitrogens with zero attached hydrogens (tertiary/aromatic N) is 2. The summed E-state index contributed by atoms with van der Waals surface area (Å²) in [4.78, 5) is 11.2. The number of rotatable bonds is 4. The molecular formula is C9H13N3O2. The first-order valence-corrected chi connectivity index (χ1v) is 4.93. The number of aromatic nitrogens is 2. The highest BCUT2D eigenvalue weighted by molar-refractivity contribution is 5.88. The number of nitrogens with one attached hydrogen (secondary N) is 1. The van der Waals surface area contributed by atoms with Crippen LogP contribution in [0.15, 0.2) is 4.42 Å². The Balaban J connectivity index is 1.92. The Labute approximate surface area is 81.9 Å². The third kappa shape index (κ3) is 2.10. The van der Waals surface area contributed by atoms with Crippen LogP contribution >= 0.6 is 0 Å². The van der Waals surface area contributed by atoms with E-state index < -0.39 is 0 Å². The minimum absolute atomic E-state index is 0.0708. The molecule has 0 saturated heterocycles. The summed E-state index contributed by atoms with van der Waals surface area (Å²) in [5.74, 6) is 1.01. The van der Waals surface area contributed by atoms with E-state index in [2.05, 4.69) is 15.5 Å². The molecule has 1 fully saturated rings. The fourth-order valence-corrected chi connectivity index (χ4v) is 1.19. The molecule has 0 aliphatic heterocycles. The Morgan fingerprint density at radius 1 is 1.57 bits per heavy atom. The Kier molecular flexibility index (Phi) is 2.47. The maximum atomic E-state index is 11.2.